The van der Waals surface area contributed by atoms with Crippen molar-refractivity contribution in [1.29, 1.82) is 0 Å². The van der Waals surface area contributed by atoms with Crippen molar-refractivity contribution in [1.82, 2.24) is 9.80 Å². The highest BCUT2D eigenvalue weighted by molar-refractivity contribution is 7.91. The molecule has 0 radical (unpaired) electrons. The van der Waals surface area contributed by atoms with Crippen molar-refractivity contribution in [2.45, 2.75) is 44.7 Å². The highest BCUT2D eigenvalue weighted by Gasteiger charge is 2.35. The summed E-state index contributed by atoms with van der Waals surface area (Å²) in [6.45, 7) is 3.63. The molecule has 2 saturated heterocycles. The van der Waals surface area contributed by atoms with Gasteiger partial charge < -0.3 is 10.0 Å². The molecule has 0 spiro atoms. The van der Waals surface area contributed by atoms with E-state index >= 15 is 0 Å². The molecule has 1 N–H and O–H groups in total. The van der Waals surface area contributed by atoms with Crippen molar-refractivity contribution in [3.05, 3.63) is 0 Å². The van der Waals surface area contributed by atoms with Gasteiger partial charge in [-0.3, -0.25) is 9.69 Å². The summed E-state index contributed by atoms with van der Waals surface area (Å²) in [5, 5.41) is 9.40. The minimum absolute atomic E-state index is 0.0139. The Labute approximate surface area is 127 Å². The van der Waals surface area contributed by atoms with E-state index in [9.17, 15) is 18.3 Å². The summed E-state index contributed by atoms with van der Waals surface area (Å²) in [7, 11) is -2.98. The van der Waals surface area contributed by atoms with Gasteiger partial charge in [0.15, 0.2) is 9.84 Å². The number of sulfone groups is 1. The summed E-state index contributed by atoms with van der Waals surface area (Å²) < 4.78 is 23.2. The molecular weight excluding hydrogens is 292 g/mol. The topological polar surface area (TPSA) is 77.9 Å². The van der Waals surface area contributed by atoms with Crippen LogP contribution in [0.4, 0.5) is 0 Å². The minimum Gasteiger partial charge on any atom is -0.395 e. The highest BCUT2D eigenvalue weighted by atomic mass is 32.2. The summed E-state index contributed by atoms with van der Waals surface area (Å²) in [6.07, 6.45) is 3.61. The zero-order valence-electron chi connectivity index (χ0n) is 12.7. The third kappa shape index (κ3) is 4.17. The van der Waals surface area contributed by atoms with Crippen molar-refractivity contribution < 1.29 is 18.3 Å². The molecule has 2 unspecified atom stereocenters. The lowest BCUT2D eigenvalue weighted by atomic mass is 10.0. The molecule has 0 aliphatic carbocycles. The first-order chi connectivity index (χ1) is 9.96. The number of likely N-dealkylation sites (N-methyl/N-ethyl adjacent to an activating group) is 1. The number of nitrogens with zero attached hydrogens (tertiary/aromatic N) is 2. The van der Waals surface area contributed by atoms with E-state index in [2.05, 4.69) is 0 Å². The van der Waals surface area contributed by atoms with Gasteiger partial charge in [0.25, 0.3) is 0 Å². The van der Waals surface area contributed by atoms with Crippen LogP contribution in [0.1, 0.15) is 32.6 Å². The Kier molecular flexibility index (Phi) is 5.62. The van der Waals surface area contributed by atoms with Gasteiger partial charge in [-0.05, 0) is 32.7 Å². The lowest BCUT2D eigenvalue weighted by Gasteiger charge is -2.36. The van der Waals surface area contributed by atoms with E-state index in [1.54, 1.807) is 4.90 Å². The maximum Gasteiger partial charge on any atom is 0.237 e. The number of aliphatic hydroxyl groups is 1. The molecule has 2 rings (SSSR count). The standard InChI is InChI=1S/C14H26N2O4S/c1-2-16(13-6-8-21(19,20)11-13)14(18)9-15-7-4-3-5-12(15)10-17/h12-13,17H,2-11H2,1H3. The largest absolute Gasteiger partial charge is 0.395 e. The van der Waals surface area contributed by atoms with E-state index in [1.807, 2.05) is 11.8 Å². The molecule has 122 valence electrons. The first-order valence-electron chi connectivity index (χ1n) is 7.81. The summed E-state index contributed by atoms with van der Waals surface area (Å²) in [5.41, 5.74) is 0. The van der Waals surface area contributed by atoms with Crippen molar-refractivity contribution in [3.8, 4) is 0 Å². The molecule has 0 bridgehead atoms. The SMILES string of the molecule is CCN(C(=O)CN1CCCCC1CO)C1CCS(=O)(=O)C1. The summed E-state index contributed by atoms with van der Waals surface area (Å²) in [6, 6.07) is -0.112. The summed E-state index contributed by atoms with van der Waals surface area (Å²) in [5.74, 6) is 0.264. The van der Waals surface area contributed by atoms with E-state index in [1.165, 1.54) is 0 Å². The van der Waals surface area contributed by atoms with Crippen molar-refractivity contribution in [2.75, 3.05) is 37.7 Å². The molecule has 2 heterocycles. The lowest BCUT2D eigenvalue weighted by molar-refractivity contribution is -0.135. The molecule has 2 atom stereocenters. The average Bonchev–Trinajstić information content (AvgIpc) is 2.80. The van der Waals surface area contributed by atoms with E-state index in [0.29, 0.717) is 13.0 Å². The molecule has 0 aromatic heterocycles. The number of hydrogen-bond acceptors (Lipinski definition) is 5. The van der Waals surface area contributed by atoms with Crippen LogP contribution in [0.25, 0.3) is 0 Å². The fourth-order valence-corrected chi connectivity index (χ4v) is 5.13. The third-order valence-electron chi connectivity index (χ3n) is 4.61. The van der Waals surface area contributed by atoms with Gasteiger partial charge in [-0.1, -0.05) is 6.42 Å². The highest BCUT2D eigenvalue weighted by Crippen LogP contribution is 2.20. The normalized spacial score (nSPS) is 29.4. The predicted molar refractivity (Wildman–Crippen MR) is 80.7 cm³/mol. The van der Waals surface area contributed by atoms with E-state index in [-0.39, 0.29) is 42.6 Å². The maximum absolute atomic E-state index is 12.5. The van der Waals surface area contributed by atoms with Crippen molar-refractivity contribution in [2.24, 2.45) is 0 Å². The van der Waals surface area contributed by atoms with Crippen LogP contribution in [0.5, 0.6) is 0 Å². The molecule has 21 heavy (non-hydrogen) atoms. The Morgan fingerprint density at radius 2 is 2.10 bits per heavy atom. The zero-order valence-corrected chi connectivity index (χ0v) is 13.5. The number of likely N-dealkylation sites (tertiary alicyclic amines) is 1. The van der Waals surface area contributed by atoms with E-state index < -0.39 is 9.84 Å². The van der Waals surface area contributed by atoms with E-state index in [4.69, 9.17) is 0 Å². The smallest absolute Gasteiger partial charge is 0.237 e. The second-order valence-electron chi connectivity index (χ2n) is 6.04. The van der Waals surface area contributed by atoms with Gasteiger partial charge >= 0.3 is 0 Å². The minimum atomic E-state index is -2.98. The molecule has 2 aliphatic rings. The van der Waals surface area contributed by atoms with Gasteiger partial charge in [0, 0.05) is 18.6 Å². The van der Waals surface area contributed by atoms with Gasteiger partial charge in [-0.15, -0.1) is 0 Å². The van der Waals surface area contributed by atoms with Crippen LogP contribution in [-0.2, 0) is 14.6 Å². The number of piperidine rings is 1. The molecule has 0 aromatic carbocycles. The van der Waals surface area contributed by atoms with Gasteiger partial charge in [0.1, 0.15) is 0 Å². The van der Waals surface area contributed by atoms with Crippen LogP contribution < -0.4 is 0 Å². The predicted octanol–water partition coefficient (Wildman–Crippen LogP) is -0.131. The second-order valence-corrected chi connectivity index (χ2v) is 8.27. The number of hydrogen-bond donors (Lipinski definition) is 1. The van der Waals surface area contributed by atoms with Crippen LogP contribution in [0.3, 0.4) is 0 Å². The summed E-state index contributed by atoms with van der Waals surface area (Å²) in [4.78, 5) is 16.3. The quantitative estimate of drug-likeness (QED) is 0.764. The Hall–Kier alpha value is -0.660. The molecule has 1 amide bonds. The number of amides is 1. The molecule has 0 saturated carbocycles. The van der Waals surface area contributed by atoms with Crippen molar-refractivity contribution >= 4 is 15.7 Å². The monoisotopic (exact) mass is 318 g/mol. The second kappa shape index (κ2) is 7.07. The fraction of sp³-hybridized carbons (Fsp3) is 0.929. The number of rotatable bonds is 5. The maximum atomic E-state index is 12.5. The number of carbonyl (C=O) groups is 1. The first-order valence-corrected chi connectivity index (χ1v) is 9.63. The molecule has 2 fully saturated rings. The lowest BCUT2D eigenvalue weighted by Crippen LogP contribution is -2.50. The summed E-state index contributed by atoms with van der Waals surface area (Å²) >= 11 is 0. The van der Waals surface area contributed by atoms with Gasteiger partial charge in [-0.25, -0.2) is 8.42 Å². The van der Waals surface area contributed by atoms with Crippen LogP contribution in [0.2, 0.25) is 0 Å². The van der Waals surface area contributed by atoms with Crippen LogP contribution in [0, 0.1) is 0 Å². The molecule has 7 heteroatoms. The van der Waals surface area contributed by atoms with Gasteiger partial charge in [0.05, 0.1) is 24.7 Å². The Morgan fingerprint density at radius 1 is 1.33 bits per heavy atom. The average molecular weight is 318 g/mol. The van der Waals surface area contributed by atoms with E-state index in [0.717, 1.165) is 25.8 Å². The number of carbonyl (C=O) groups excluding carboxylic acids is 1. The zero-order chi connectivity index (χ0) is 15.5. The third-order valence-corrected chi connectivity index (χ3v) is 6.36. The molecule has 2 aliphatic heterocycles. The van der Waals surface area contributed by atoms with Gasteiger partial charge in [-0.2, -0.15) is 0 Å². The van der Waals surface area contributed by atoms with Crippen molar-refractivity contribution in [3.63, 3.8) is 0 Å². The number of aliphatic hydroxyl groups excluding tert-OH is 1. The Bertz CT molecular complexity index is 466. The van der Waals surface area contributed by atoms with Crippen LogP contribution in [-0.4, -0.2) is 79.1 Å². The first kappa shape index (κ1) is 16.7. The molecule has 6 nitrogen and oxygen atoms in total. The molecular formula is C14H26N2O4S. The Morgan fingerprint density at radius 3 is 2.67 bits per heavy atom. The van der Waals surface area contributed by atoms with Crippen LogP contribution in [0.15, 0.2) is 0 Å². The fourth-order valence-electron chi connectivity index (χ4n) is 3.40. The Balaban J connectivity index is 1.97. The molecule has 0 aromatic rings. The van der Waals surface area contributed by atoms with Crippen LogP contribution >= 0.6 is 0 Å². The van der Waals surface area contributed by atoms with Gasteiger partial charge in [0.2, 0.25) is 5.91 Å².